The number of hydrogen-bond acceptors (Lipinski definition) is 6. The Labute approximate surface area is 148 Å². The van der Waals surface area contributed by atoms with Gasteiger partial charge in [0.2, 0.25) is 9.47 Å². The first-order valence-electron chi connectivity index (χ1n) is 7.87. The molecule has 0 atom stereocenters. The largest absolute Gasteiger partial charge is 0.296 e. The Morgan fingerprint density at radius 2 is 1.88 bits per heavy atom. The number of nitrogens with zero attached hydrogens (tertiary/aromatic N) is 3. The van der Waals surface area contributed by atoms with Gasteiger partial charge in [-0.25, -0.2) is 12.8 Å². The first-order valence-corrected chi connectivity index (χ1v) is 10.1. The summed E-state index contributed by atoms with van der Waals surface area (Å²) in [6, 6.07) is 5.19. The molecule has 2 heterocycles. The van der Waals surface area contributed by atoms with Crippen LogP contribution >= 0.6 is 11.3 Å². The highest BCUT2D eigenvalue weighted by molar-refractivity contribution is 7.91. The Morgan fingerprint density at radius 3 is 2.56 bits per heavy atom. The van der Waals surface area contributed by atoms with E-state index in [0.29, 0.717) is 13.1 Å². The summed E-state index contributed by atoms with van der Waals surface area (Å²) in [6.45, 7) is 0.930. The zero-order valence-electron chi connectivity index (χ0n) is 13.3. The fraction of sp³-hybridized carbons (Fsp3) is 0.400. The molecule has 10 heteroatoms. The summed E-state index contributed by atoms with van der Waals surface area (Å²) in [6.07, 6.45) is 3.66. The van der Waals surface area contributed by atoms with Gasteiger partial charge in [0.1, 0.15) is 5.82 Å². The summed E-state index contributed by atoms with van der Waals surface area (Å²) in [5.74, 6) is -1.11. The number of carbonyl (C=O) groups is 1. The summed E-state index contributed by atoms with van der Waals surface area (Å²) < 4.78 is 39.7. The SMILES string of the molecule is O=C(Nc1nnc(S(=O)(=O)N2CCCCCC2)s1)c1cccc(F)c1. The molecule has 1 saturated heterocycles. The summed E-state index contributed by atoms with van der Waals surface area (Å²) in [5.41, 5.74) is 0.118. The highest BCUT2D eigenvalue weighted by atomic mass is 32.2. The molecule has 7 nitrogen and oxygen atoms in total. The average Bonchev–Trinajstić information content (AvgIpc) is 2.88. The number of halogens is 1. The van der Waals surface area contributed by atoms with Gasteiger partial charge < -0.3 is 0 Å². The van der Waals surface area contributed by atoms with E-state index in [1.54, 1.807) is 0 Å². The number of nitrogens with one attached hydrogen (secondary N) is 1. The lowest BCUT2D eigenvalue weighted by Gasteiger charge is -2.17. The van der Waals surface area contributed by atoms with Gasteiger partial charge in [0.15, 0.2) is 0 Å². The molecule has 0 radical (unpaired) electrons. The van der Waals surface area contributed by atoms with Gasteiger partial charge in [0.05, 0.1) is 0 Å². The monoisotopic (exact) mass is 384 g/mol. The lowest BCUT2D eigenvalue weighted by atomic mass is 10.2. The molecule has 1 aliphatic rings. The topological polar surface area (TPSA) is 92.3 Å². The van der Waals surface area contributed by atoms with Crippen molar-refractivity contribution in [3.05, 3.63) is 35.6 Å². The minimum atomic E-state index is -3.70. The predicted molar refractivity (Wildman–Crippen MR) is 91.5 cm³/mol. The van der Waals surface area contributed by atoms with Crippen molar-refractivity contribution in [3.8, 4) is 0 Å². The smallest absolute Gasteiger partial charge is 0.272 e. The van der Waals surface area contributed by atoms with E-state index >= 15 is 0 Å². The van der Waals surface area contributed by atoms with Crippen LogP contribution in [-0.4, -0.2) is 41.9 Å². The molecule has 1 fully saturated rings. The van der Waals surface area contributed by atoms with E-state index in [4.69, 9.17) is 0 Å². The molecule has 0 unspecified atom stereocenters. The van der Waals surface area contributed by atoms with Gasteiger partial charge in [-0.2, -0.15) is 4.31 Å². The van der Waals surface area contributed by atoms with Crippen molar-refractivity contribution >= 4 is 32.4 Å². The molecule has 1 aromatic heterocycles. The van der Waals surface area contributed by atoms with E-state index in [2.05, 4.69) is 15.5 Å². The molecule has 0 saturated carbocycles. The van der Waals surface area contributed by atoms with Crippen LogP contribution in [0.5, 0.6) is 0 Å². The van der Waals surface area contributed by atoms with E-state index in [-0.39, 0.29) is 15.0 Å². The van der Waals surface area contributed by atoms with Crippen LogP contribution in [0.4, 0.5) is 9.52 Å². The molecule has 1 N–H and O–H groups in total. The third-order valence-electron chi connectivity index (χ3n) is 3.84. The fourth-order valence-electron chi connectivity index (χ4n) is 2.56. The number of benzene rings is 1. The number of anilines is 1. The fourth-order valence-corrected chi connectivity index (χ4v) is 5.11. The third-order valence-corrected chi connectivity index (χ3v) is 6.92. The first-order chi connectivity index (χ1) is 12.0. The van der Waals surface area contributed by atoms with E-state index in [1.165, 1.54) is 22.5 Å². The molecule has 1 amide bonds. The number of amides is 1. The maximum absolute atomic E-state index is 13.2. The average molecular weight is 384 g/mol. The quantitative estimate of drug-likeness (QED) is 0.818. The molecule has 25 heavy (non-hydrogen) atoms. The van der Waals surface area contributed by atoms with Gasteiger partial charge in [-0.1, -0.05) is 30.2 Å². The van der Waals surface area contributed by atoms with Crippen molar-refractivity contribution in [3.63, 3.8) is 0 Å². The molecule has 0 bridgehead atoms. The molecule has 3 rings (SSSR count). The van der Waals surface area contributed by atoms with Gasteiger partial charge in [-0.05, 0) is 31.0 Å². The lowest BCUT2D eigenvalue weighted by molar-refractivity contribution is 0.102. The lowest BCUT2D eigenvalue weighted by Crippen LogP contribution is -2.31. The van der Waals surface area contributed by atoms with Crippen LogP contribution in [0.15, 0.2) is 28.6 Å². The van der Waals surface area contributed by atoms with Crippen molar-refractivity contribution < 1.29 is 17.6 Å². The van der Waals surface area contributed by atoms with Crippen molar-refractivity contribution in [1.82, 2.24) is 14.5 Å². The van der Waals surface area contributed by atoms with Crippen LogP contribution in [0.2, 0.25) is 0 Å². The van der Waals surface area contributed by atoms with Crippen molar-refractivity contribution in [1.29, 1.82) is 0 Å². The Morgan fingerprint density at radius 1 is 1.16 bits per heavy atom. The zero-order chi connectivity index (χ0) is 17.9. The molecule has 1 aliphatic heterocycles. The van der Waals surface area contributed by atoms with E-state index in [9.17, 15) is 17.6 Å². The second-order valence-corrected chi connectivity index (χ2v) is 8.75. The summed E-state index contributed by atoms with van der Waals surface area (Å²) >= 11 is 0.790. The van der Waals surface area contributed by atoms with Gasteiger partial charge in [0.25, 0.3) is 15.9 Å². The number of hydrogen-bond donors (Lipinski definition) is 1. The van der Waals surface area contributed by atoms with E-state index < -0.39 is 21.7 Å². The molecular weight excluding hydrogens is 367 g/mol. The van der Waals surface area contributed by atoms with Crippen LogP contribution in [0.25, 0.3) is 0 Å². The Balaban J connectivity index is 1.74. The zero-order valence-corrected chi connectivity index (χ0v) is 14.9. The number of aromatic nitrogens is 2. The second kappa shape index (κ2) is 7.54. The Kier molecular flexibility index (Phi) is 5.40. The standard InChI is InChI=1S/C15H17FN4O3S2/c16-12-7-5-6-11(10-12)13(21)17-14-18-19-15(24-14)25(22,23)20-8-3-1-2-4-9-20/h5-7,10H,1-4,8-9H2,(H,17,18,21). The number of rotatable bonds is 4. The van der Waals surface area contributed by atoms with Crippen molar-refractivity contribution in [2.75, 3.05) is 18.4 Å². The third kappa shape index (κ3) is 4.20. The van der Waals surface area contributed by atoms with Crippen molar-refractivity contribution in [2.24, 2.45) is 0 Å². The van der Waals surface area contributed by atoms with Crippen LogP contribution in [0.1, 0.15) is 36.0 Å². The molecular formula is C15H17FN4O3S2. The maximum atomic E-state index is 13.2. The second-order valence-electron chi connectivity index (χ2n) is 5.66. The summed E-state index contributed by atoms with van der Waals surface area (Å²) in [4.78, 5) is 12.1. The van der Waals surface area contributed by atoms with Gasteiger partial charge >= 0.3 is 0 Å². The minimum absolute atomic E-state index is 0.0580. The molecule has 1 aromatic carbocycles. The van der Waals surface area contributed by atoms with Crippen LogP contribution in [0, 0.1) is 5.82 Å². The molecule has 0 aliphatic carbocycles. The molecule has 134 valence electrons. The van der Waals surface area contributed by atoms with Crippen molar-refractivity contribution in [2.45, 2.75) is 30.0 Å². The number of carbonyl (C=O) groups excluding carboxylic acids is 1. The summed E-state index contributed by atoms with van der Waals surface area (Å²) in [5, 5.41) is 9.94. The van der Waals surface area contributed by atoms with Crippen LogP contribution in [0.3, 0.4) is 0 Å². The van der Waals surface area contributed by atoms with Crippen LogP contribution < -0.4 is 5.32 Å². The maximum Gasteiger partial charge on any atom is 0.272 e. The van der Waals surface area contributed by atoms with Gasteiger partial charge in [-0.15, -0.1) is 10.2 Å². The highest BCUT2D eigenvalue weighted by Gasteiger charge is 2.29. The van der Waals surface area contributed by atoms with E-state index in [1.807, 2.05) is 0 Å². The predicted octanol–water partition coefficient (Wildman–Crippen LogP) is 2.49. The summed E-state index contributed by atoms with van der Waals surface area (Å²) in [7, 11) is -3.70. The first kappa shape index (κ1) is 17.9. The minimum Gasteiger partial charge on any atom is -0.296 e. The highest BCUT2D eigenvalue weighted by Crippen LogP contribution is 2.25. The van der Waals surface area contributed by atoms with Gasteiger partial charge in [-0.3, -0.25) is 10.1 Å². The number of sulfonamides is 1. The van der Waals surface area contributed by atoms with Crippen LogP contribution in [-0.2, 0) is 10.0 Å². The van der Waals surface area contributed by atoms with Gasteiger partial charge in [0, 0.05) is 18.7 Å². The molecule has 2 aromatic rings. The normalized spacial score (nSPS) is 16.4. The molecule has 0 spiro atoms. The van der Waals surface area contributed by atoms with E-state index in [0.717, 1.165) is 43.1 Å². The Hall–Kier alpha value is -1.91. The Bertz CT molecular complexity index is 861.